The SMILES string of the molecule is C=N/C(Cl)=C(\C=C(/CC)C1CCC(C)(C)C1n1ccc(=O)c(CC)c1)OCCCOC. The summed E-state index contributed by atoms with van der Waals surface area (Å²) in [7, 11) is 1.67. The van der Waals surface area contributed by atoms with Crippen molar-refractivity contribution in [2.45, 2.75) is 65.8 Å². The molecule has 1 saturated carbocycles. The monoisotopic (exact) mass is 448 g/mol. The van der Waals surface area contributed by atoms with Crippen LogP contribution in [0.4, 0.5) is 0 Å². The first-order valence-corrected chi connectivity index (χ1v) is 11.6. The molecule has 1 fully saturated rings. The van der Waals surface area contributed by atoms with Crippen LogP contribution in [0.1, 0.15) is 65.0 Å². The number of aromatic nitrogens is 1. The first-order chi connectivity index (χ1) is 14.8. The molecule has 0 bridgehead atoms. The summed E-state index contributed by atoms with van der Waals surface area (Å²) in [6, 6.07) is 1.94. The van der Waals surface area contributed by atoms with E-state index < -0.39 is 0 Å². The van der Waals surface area contributed by atoms with Crippen LogP contribution in [0, 0.1) is 11.3 Å². The van der Waals surface area contributed by atoms with Crippen LogP contribution in [0.25, 0.3) is 0 Å². The maximum atomic E-state index is 12.2. The molecule has 1 aromatic rings. The van der Waals surface area contributed by atoms with Crippen LogP contribution in [0.3, 0.4) is 0 Å². The maximum absolute atomic E-state index is 12.2. The fourth-order valence-corrected chi connectivity index (χ4v) is 4.74. The first-order valence-electron chi connectivity index (χ1n) is 11.2. The van der Waals surface area contributed by atoms with Gasteiger partial charge in [0.05, 0.1) is 6.61 Å². The predicted octanol–water partition coefficient (Wildman–Crippen LogP) is 5.89. The molecule has 0 aromatic carbocycles. The lowest BCUT2D eigenvalue weighted by atomic mass is 9.81. The van der Waals surface area contributed by atoms with E-state index in [-0.39, 0.29) is 22.0 Å². The number of pyridine rings is 1. The number of ether oxygens (including phenoxy) is 2. The van der Waals surface area contributed by atoms with Crippen molar-refractivity contribution in [3.63, 3.8) is 0 Å². The minimum absolute atomic E-state index is 0.0999. The Labute approximate surface area is 191 Å². The van der Waals surface area contributed by atoms with Gasteiger partial charge in [-0.15, -0.1) is 0 Å². The normalized spacial score (nSPS) is 21.7. The second kappa shape index (κ2) is 11.7. The fourth-order valence-electron chi connectivity index (χ4n) is 4.63. The van der Waals surface area contributed by atoms with Gasteiger partial charge in [0.25, 0.3) is 0 Å². The zero-order valence-electron chi connectivity index (χ0n) is 19.6. The Morgan fingerprint density at radius 3 is 2.74 bits per heavy atom. The van der Waals surface area contributed by atoms with Gasteiger partial charge < -0.3 is 14.0 Å². The van der Waals surface area contributed by atoms with Crippen molar-refractivity contribution in [3.8, 4) is 0 Å². The second-order valence-electron chi connectivity index (χ2n) is 8.79. The highest BCUT2D eigenvalue weighted by Crippen LogP contribution is 2.52. The number of allylic oxidation sites excluding steroid dienone is 2. The third kappa shape index (κ3) is 6.33. The number of hydrogen-bond acceptors (Lipinski definition) is 4. The van der Waals surface area contributed by atoms with E-state index in [4.69, 9.17) is 21.1 Å². The molecule has 0 saturated heterocycles. The van der Waals surface area contributed by atoms with E-state index >= 15 is 0 Å². The molecule has 2 atom stereocenters. The van der Waals surface area contributed by atoms with Gasteiger partial charge in [-0.3, -0.25) is 4.79 Å². The van der Waals surface area contributed by atoms with Gasteiger partial charge in [0.15, 0.2) is 16.3 Å². The zero-order valence-corrected chi connectivity index (χ0v) is 20.4. The average Bonchev–Trinajstić information content (AvgIpc) is 3.08. The topological polar surface area (TPSA) is 52.8 Å². The number of methoxy groups -OCH3 is 1. The van der Waals surface area contributed by atoms with Crippen LogP contribution in [0.2, 0.25) is 0 Å². The largest absolute Gasteiger partial charge is 0.490 e. The smallest absolute Gasteiger partial charge is 0.184 e. The van der Waals surface area contributed by atoms with E-state index in [2.05, 4.69) is 37.0 Å². The number of nitrogens with zero attached hydrogens (tertiary/aromatic N) is 2. The van der Waals surface area contributed by atoms with Gasteiger partial charge in [-0.2, -0.15) is 0 Å². The highest BCUT2D eigenvalue weighted by Gasteiger charge is 2.43. The highest BCUT2D eigenvalue weighted by atomic mass is 35.5. The number of halogens is 1. The van der Waals surface area contributed by atoms with Crippen molar-refractivity contribution in [2.75, 3.05) is 20.3 Å². The number of aryl methyl sites for hydroxylation is 1. The predicted molar refractivity (Wildman–Crippen MR) is 129 cm³/mol. The zero-order chi connectivity index (χ0) is 23.0. The quantitative estimate of drug-likeness (QED) is 0.139. The average molecular weight is 449 g/mol. The molecular formula is C25H37ClN2O3. The first kappa shape index (κ1) is 25.4. The van der Waals surface area contributed by atoms with Crippen LogP contribution < -0.4 is 5.43 Å². The summed E-state index contributed by atoms with van der Waals surface area (Å²) in [6.45, 7) is 13.5. The summed E-state index contributed by atoms with van der Waals surface area (Å²) in [5.74, 6) is 0.876. The lowest BCUT2D eigenvalue weighted by Crippen LogP contribution is -2.28. The summed E-state index contributed by atoms with van der Waals surface area (Å²) in [5.41, 5.74) is 2.33. The molecule has 5 nitrogen and oxygen atoms in total. The van der Waals surface area contributed by atoms with Gasteiger partial charge in [0.1, 0.15) is 0 Å². The van der Waals surface area contributed by atoms with Gasteiger partial charge in [-0.1, -0.05) is 44.9 Å². The minimum atomic E-state index is 0.0999. The molecule has 0 amide bonds. The molecule has 2 unspecified atom stereocenters. The van der Waals surface area contributed by atoms with Gasteiger partial charge in [0.2, 0.25) is 0 Å². The molecule has 31 heavy (non-hydrogen) atoms. The molecule has 1 aliphatic carbocycles. The van der Waals surface area contributed by atoms with Crippen LogP contribution in [-0.2, 0) is 15.9 Å². The Kier molecular flexibility index (Phi) is 9.57. The third-order valence-corrected chi connectivity index (χ3v) is 6.60. The van der Waals surface area contributed by atoms with E-state index in [1.54, 1.807) is 13.2 Å². The Bertz CT molecular complexity index is 870. The third-order valence-electron chi connectivity index (χ3n) is 6.30. The van der Waals surface area contributed by atoms with E-state index in [0.29, 0.717) is 24.9 Å². The summed E-state index contributed by atoms with van der Waals surface area (Å²) < 4.78 is 13.3. The van der Waals surface area contributed by atoms with Crippen molar-refractivity contribution in [1.29, 1.82) is 0 Å². The Balaban J connectivity index is 2.43. The maximum Gasteiger partial charge on any atom is 0.184 e. The van der Waals surface area contributed by atoms with Crippen LogP contribution in [0.5, 0.6) is 0 Å². The summed E-state index contributed by atoms with van der Waals surface area (Å²) in [6.07, 6.45) is 10.6. The summed E-state index contributed by atoms with van der Waals surface area (Å²) in [5, 5.41) is 0.272. The molecule has 0 radical (unpaired) electrons. The molecular weight excluding hydrogens is 412 g/mol. The lowest BCUT2D eigenvalue weighted by Gasteiger charge is -2.34. The van der Waals surface area contributed by atoms with E-state index in [0.717, 1.165) is 37.7 Å². The van der Waals surface area contributed by atoms with Crippen molar-refractivity contribution < 1.29 is 9.47 Å². The van der Waals surface area contributed by atoms with E-state index in [9.17, 15) is 4.79 Å². The van der Waals surface area contributed by atoms with E-state index in [1.807, 2.05) is 25.4 Å². The van der Waals surface area contributed by atoms with E-state index in [1.165, 1.54) is 5.57 Å². The molecule has 6 heteroatoms. The molecule has 1 heterocycles. The molecule has 0 spiro atoms. The molecule has 172 valence electrons. The van der Waals surface area contributed by atoms with Crippen molar-refractivity contribution >= 4 is 18.3 Å². The molecule has 1 aliphatic rings. The second-order valence-corrected chi connectivity index (χ2v) is 9.15. The number of hydrogen-bond donors (Lipinski definition) is 0. The molecule has 2 rings (SSSR count). The van der Waals surface area contributed by atoms with Crippen LogP contribution >= 0.6 is 11.6 Å². The molecule has 0 N–H and O–H groups in total. The lowest BCUT2D eigenvalue weighted by molar-refractivity contribution is 0.148. The fraction of sp³-hybridized carbons (Fsp3) is 0.600. The summed E-state index contributed by atoms with van der Waals surface area (Å²) >= 11 is 6.33. The van der Waals surface area contributed by atoms with Crippen molar-refractivity contribution in [1.82, 2.24) is 4.57 Å². The minimum Gasteiger partial charge on any atom is -0.490 e. The van der Waals surface area contributed by atoms with Gasteiger partial charge in [-0.25, -0.2) is 4.99 Å². The Morgan fingerprint density at radius 1 is 1.39 bits per heavy atom. The Morgan fingerprint density at radius 2 is 2.13 bits per heavy atom. The summed E-state index contributed by atoms with van der Waals surface area (Å²) in [4.78, 5) is 16.1. The highest BCUT2D eigenvalue weighted by molar-refractivity contribution is 6.30. The van der Waals surface area contributed by atoms with Gasteiger partial charge >= 0.3 is 0 Å². The molecule has 0 aliphatic heterocycles. The van der Waals surface area contributed by atoms with Crippen LogP contribution in [-0.4, -0.2) is 31.6 Å². The molecule has 1 aromatic heterocycles. The number of aliphatic imine (C=N–C) groups is 1. The number of rotatable bonds is 11. The standard InChI is InChI=1S/C25H37ClN2O3/c1-7-18(16-22(24(26)27-5)31-15-9-14-30-6)20-10-12-25(3,4)23(20)28-13-11-21(29)19(8-2)17-28/h11,13,16-17,20,23H,5,7-10,12,14-15H2,1-4,6H3/b18-16+,24-22+. The van der Waals surface area contributed by atoms with Crippen molar-refractivity contribution in [2.24, 2.45) is 16.3 Å². The van der Waals surface area contributed by atoms with Crippen LogP contribution in [0.15, 0.2) is 50.8 Å². The van der Waals surface area contributed by atoms with Gasteiger partial charge in [0, 0.05) is 56.1 Å². The van der Waals surface area contributed by atoms with Gasteiger partial charge in [-0.05, 0) is 43.9 Å². The Hall–Kier alpha value is -1.85. The van der Waals surface area contributed by atoms with Crippen molar-refractivity contribution in [3.05, 3.63) is 56.8 Å².